The number of nitrogens with one attached hydrogen (secondary N) is 2. The van der Waals surface area contributed by atoms with Crippen LogP contribution in [0.25, 0.3) is 0 Å². The van der Waals surface area contributed by atoms with Crippen molar-refractivity contribution >= 4 is 17.8 Å². The molecule has 0 spiro atoms. The topological polar surface area (TPSA) is 84.0 Å². The molecule has 2 N–H and O–H groups in total. The Morgan fingerprint density at radius 3 is 2.50 bits per heavy atom. The van der Waals surface area contributed by atoms with Crippen molar-refractivity contribution in [2.45, 2.75) is 13.3 Å². The van der Waals surface area contributed by atoms with E-state index in [-0.39, 0.29) is 5.82 Å². The molecule has 2 rings (SSSR count). The number of amides is 3. The minimum atomic E-state index is -1.19. The first-order valence-corrected chi connectivity index (χ1v) is 6.38. The maximum atomic E-state index is 13.4. The lowest BCUT2D eigenvalue weighted by atomic mass is 10.2. The van der Waals surface area contributed by atoms with Gasteiger partial charge in [0.05, 0.1) is 11.9 Å². The van der Waals surface area contributed by atoms with Crippen LogP contribution in [0.3, 0.4) is 0 Å². The second-order valence-corrected chi connectivity index (χ2v) is 4.25. The lowest BCUT2D eigenvalue weighted by Crippen LogP contribution is -2.35. The predicted molar refractivity (Wildman–Crippen MR) is 74.3 cm³/mol. The molecule has 3 amide bonds. The number of halogens is 2. The second kappa shape index (κ2) is 6.70. The van der Waals surface area contributed by atoms with Crippen LogP contribution >= 0.6 is 0 Å². The van der Waals surface area contributed by atoms with Crippen molar-refractivity contribution in [3.63, 3.8) is 0 Å². The van der Waals surface area contributed by atoms with Gasteiger partial charge in [0.2, 0.25) is 0 Å². The third kappa shape index (κ3) is 3.60. The number of hydrogen-bond donors (Lipinski definition) is 2. The van der Waals surface area contributed by atoms with E-state index in [0.29, 0.717) is 12.1 Å². The summed E-state index contributed by atoms with van der Waals surface area (Å²) in [6.45, 7) is 1.86. The van der Waals surface area contributed by atoms with E-state index in [2.05, 4.69) is 15.3 Å². The van der Waals surface area contributed by atoms with Gasteiger partial charge in [-0.1, -0.05) is 13.0 Å². The maximum absolute atomic E-state index is 13.4. The van der Waals surface area contributed by atoms with E-state index in [1.807, 2.05) is 12.2 Å². The number of aromatic nitrogens is 2. The Morgan fingerprint density at radius 2 is 1.86 bits per heavy atom. The molecule has 0 saturated carbocycles. The maximum Gasteiger partial charge on any atom is 0.327 e. The van der Waals surface area contributed by atoms with Crippen molar-refractivity contribution in [3.8, 4) is 0 Å². The molecule has 1 aromatic carbocycles. The van der Waals surface area contributed by atoms with E-state index in [9.17, 15) is 18.4 Å². The molecule has 1 aromatic heterocycles. The zero-order chi connectivity index (χ0) is 16.1. The monoisotopic (exact) mass is 306 g/mol. The highest BCUT2D eigenvalue weighted by Crippen LogP contribution is 2.11. The van der Waals surface area contributed by atoms with Gasteiger partial charge >= 0.3 is 6.03 Å². The van der Waals surface area contributed by atoms with Crippen molar-refractivity contribution in [3.05, 3.63) is 53.5 Å². The summed E-state index contributed by atoms with van der Waals surface area (Å²) in [7, 11) is 0. The van der Waals surface area contributed by atoms with Crippen LogP contribution < -0.4 is 10.6 Å². The fourth-order valence-electron chi connectivity index (χ4n) is 1.66. The van der Waals surface area contributed by atoms with Gasteiger partial charge in [0.15, 0.2) is 5.82 Å². The highest BCUT2D eigenvalue weighted by atomic mass is 19.1. The number of nitrogens with zero attached hydrogens (tertiary/aromatic N) is 2. The number of anilines is 1. The van der Waals surface area contributed by atoms with Crippen LogP contribution in [0, 0.1) is 11.6 Å². The highest BCUT2D eigenvalue weighted by Gasteiger charge is 2.19. The van der Waals surface area contributed by atoms with E-state index in [1.165, 1.54) is 12.4 Å². The molecule has 114 valence electrons. The van der Waals surface area contributed by atoms with Gasteiger partial charge in [-0.25, -0.2) is 18.6 Å². The number of hydrogen-bond acceptors (Lipinski definition) is 4. The van der Waals surface area contributed by atoms with Crippen LogP contribution in [0.15, 0.2) is 30.6 Å². The van der Waals surface area contributed by atoms with Gasteiger partial charge in [-0.2, -0.15) is 0 Å². The Morgan fingerprint density at radius 1 is 1.18 bits per heavy atom. The first-order chi connectivity index (χ1) is 10.5. The summed E-state index contributed by atoms with van der Waals surface area (Å²) in [5, 5.41) is 4.09. The molecular weight excluding hydrogens is 294 g/mol. The lowest BCUT2D eigenvalue weighted by Gasteiger charge is -2.07. The van der Waals surface area contributed by atoms with Crippen LogP contribution in [0.5, 0.6) is 0 Å². The summed E-state index contributed by atoms with van der Waals surface area (Å²) in [5.41, 5.74) is -0.185. The molecule has 0 radical (unpaired) electrons. The van der Waals surface area contributed by atoms with Gasteiger partial charge in [-0.05, 0) is 18.6 Å². The molecule has 22 heavy (non-hydrogen) atoms. The standard InChI is InChI=1S/C14H12F2N4O2/c1-2-8-6-17-7-11(18-8)19-14(22)20-13(21)12-9(15)4-3-5-10(12)16/h3-7H,2H2,1H3,(H2,18,19,20,21,22). The highest BCUT2D eigenvalue weighted by molar-refractivity contribution is 6.07. The number of benzene rings is 1. The second-order valence-electron chi connectivity index (χ2n) is 4.25. The van der Waals surface area contributed by atoms with Crippen LogP contribution in [-0.4, -0.2) is 21.9 Å². The summed E-state index contributed by atoms with van der Waals surface area (Å²) in [4.78, 5) is 31.3. The van der Waals surface area contributed by atoms with E-state index in [1.54, 1.807) is 0 Å². The zero-order valence-electron chi connectivity index (χ0n) is 11.6. The van der Waals surface area contributed by atoms with Crippen molar-refractivity contribution in [1.29, 1.82) is 0 Å². The summed E-state index contributed by atoms with van der Waals surface area (Å²) in [6.07, 6.45) is 3.43. The minimum Gasteiger partial charge on any atom is -0.291 e. The Kier molecular flexibility index (Phi) is 4.72. The fourth-order valence-corrected chi connectivity index (χ4v) is 1.66. The number of carbonyl (C=O) groups is 2. The SMILES string of the molecule is CCc1cncc(NC(=O)NC(=O)c2c(F)cccc2F)n1. The predicted octanol–water partition coefficient (Wildman–Crippen LogP) is 2.28. The third-order valence-corrected chi connectivity index (χ3v) is 2.71. The fraction of sp³-hybridized carbons (Fsp3) is 0.143. The molecule has 0 aliphatic carbocycles. The molecule has 8 heteroatoms. The van der Waals surface area contributed by atoms with Gasteiger partial charge in [0.1, 0.15) is 17.2 Å². The van der Waals surface area contributed by atoms with Gasteiger partial charge in [-0.15, -0.1) is 0 Å². The molecule has 0 aliphatic rings. The molecule has 1 heterocycles. The Labute approximate surface area is 124 Å². The molecule has 6 nitrogen and oxygen atoms in total. The van der Waals surface area contributed by atoms with Gasteiger partial charge < -0.3 is 0 Å². The number of imide groups is 1. The van der Waals surface area contributed by atoms with Crippen LogP contribution in [0.1, 0.15) is 23.0 Å². The van der Waals surface area contributed by atoms with Crippen LogP contribution in [0.4, 0.5) is 19.4 Å². The van der Waals surface area contributed by atoms with Crippen molar-refractivity contribution in [2.24, 2.45) is 0 Å². The van der Waals surface area contributed by atoms with Crippen molar-refractivity contribution < 1.29 is 18.4 Å². The molecular formula is C14H12F2N4O2. The number of rotatable bonds is 3. The van der Waals surface area contributed by atoms with E-state index in [4.69, 9.17) is 0 Å². The molecule has 0 bridgehead atoms. The van der Waals surface area contributed by atoms with Crippen molar-refractivity contribution in [1.82, 2.24) is 15.3 Å². The average Bonchev–Trinajstić information content (AvgIpc) is 2.47. The van der Waals surface area contributed by atoms with E-state index < -0.39 is 29.1 Å². The summed E-state index contributed by atoms with van der Waals surface area (Å²) >= 11 is 0. The Balaban J connectivity index is 2.07. The Bertz CT molecular complexity index is 701. The van der Waals surface area contributed by atoms with Crippen molar-refractivity contribution in [2.75, 3.05) is 5.32 Å². The summed E-state index contributed by atoms with van der Waals surface area (Å²) in [6, 6.07) is 2.00. The number of urea groups is 1. The zero-order valence-corrected chi connectivity index (χ0v) is 11.6. The molecule has 0 atom stereocenters. The average molecular weight is 306 g/mol. The van der Waals surface area contributed by atoms with E-state index in [0.717, 1.165) is 18.2 Å². The van der Waals surface area contributed by atoms with Crippen LogP contribution in [-0.2, 0) is 6.42 Å². The van der Waals surface area contributed by atoms with Gasteiger partial charge in [-0.3, -0.25) is 20.4 Å². The molecule has 0 fully saturated rings. The molecule has 0 aliphatic heterocycles. The number of carbonyl (C=O) groups excluding carboxylic acids is 2. The lowest BCUT2D eigenvalue weighted by molar-refractivity contribution is 0.0959. The smallest absolute Gasteiger partial charge is 0.291 e. The first kappa shape index (κ1) is 15.5. The first-order valence-electron chi connectivity index (χ1n) is 6.38. The summed E-state index contributed by atoms with van der Waals surface area (Å²) in [5.74, 6) is -3.18. The van der Waals surface area contributed by atoms with E-state index >= 15 is 0 Å². The quantitative estimate of drug-likeness (QED) is 0.911. The van der Waals surface area contributed by atoms with Crippen LogP contribution in [0.2, 0.25) is 0 Å². The van der Waals surface area contributed by atoms with Gasteiger partial charge in [0.25, 0.3) is 5.91 Å². The molecule has 0 unspecified atom stereocenters. The molecule has 2 aromatic rings. The minimum absolute atomic E-state index is 0.124. The number of aryl methyl sites for hydroxylation is 1. The van der Waals surface area contributed by atoms with Gasteiger partial charge in [0, 0.05) is 6.20 Å². The largest absolute Gasteiger partial charge is 0.327 e. The Hall–Kier alpha value is -2.90. The molecule has 0 saturated heterocycles. The summed E-state index contributed by atoms with van der Waals surface area (Å²) < 4.78 is 26.8. The third-order valence-electron chi connectivity index (χ3n) is 2.71. The normalized spacial score (nSPS) is 10.1.